The Kier molecular flexibility index (Phi) is 4.08. The SMILES string of the molecule is CC1(OCC(=O)O)CN(Cc2c(F)cccc2Cl)C1. The zero-order valence-corrected chi connectivity index (χ0v) is 11.3. The minimum atomic E-state index is -0.989. The quantitative estimate of drug-likeness (QED) is 0.901. The summed E-state index contributed by atoms with van der Waals surface area (Å²) >= 11 is 5.95. The molecule has 0 aliphatic carbocycles. The zero-order valence-electron chi connectivity index (χ0n) is 10.5. The van der Waals surface area contributed by atoms with Crippen molar-refractivity contribution in [3.63, 3.8) is 0 Å². The van der Waals surface area contributed by atoms with Gasteiger partial charge >= 0.3 is 5.97 Å². The van der Waals surface area contributed by atoms with E-state index in [1.807, 2.05) is 11.8 Å². The number of ether oxygens (including phenoxy) is 1. The molecule has 0 aromatic heterocycles. The topological polar surface area (TPSA) is 49.8 Å². The Morgan fingerprint density at radius 2 is 2.26 bits per heavy atom. The van der Waals surface area contributed by atoms with Crippen molar-refractivity contribution in [2.45, 2.75) is 19.1 Å². The van der Waals surface area contributed by atoms with Crippen LogP contribution in [0, 0.1) is 5.82 Å². The highest BCUT2D eigenvalue weighted by atomic mass is 35.5. The van der Waals surface area contributed by atoms with Crippen LogP contribution in [0.4, 0.5) is 4.39 Å². The van der Waals surface area contributed by atoms with Gasteiger partial charge in [-0.2, -0.15) is 0 Å². The van der Waals surface area contributed by atoms with Gasteiger partial charge in [-0.1, -0.05) is 17.7 Å². The number of rotatable bonds is 5. The first kappa shape index (κ1) is 14.2. The van der Waals surface area contributed by atoms with Gasteiger partial charge in [0.25, 0.3) is 0 Å². The summed E-state index contributed by atoms with van der Waals surface area (Å²) in [6, 6.07) is 4.60. The molecule has 0 amide bonds. The summed E-state index contributed by atoms with van der Waals surface area (Å²) in [6.45, 7) is 3.05. The normalized spacial score (nSPS) is 18.1. The fraction of sp³-hybridized carbons (Fsp3) is 0.462. The number of carboxylic acid groups (broad SMARTS) is 1. The number of likely N-dealkylation sites (tertiary alicyclic amines) is 1. The third-order valence-corrected chi connectivity index (χ3v) is 3.46. The third kappa shape index (κ3) is 3.43. The number of nitrogens with zero attached hydrogens (tertiary/aromatic N) is 1. The predicted molar refractivity (Wildman–Crippen MR) is 68.7 cm³/mol. The minimum Gasteiger partial charge on any atom is -0.480 e. The molecule has 0 unspecified atom stereocenters. The molecule has 19 heavy (non-hydrogen) atoms. The van der Waals surface area contributed by atoms with Gasteiger partial charge in [-0.25, -0.2) is 9.18 Å². The molecule has 1 aromatic carbocycles. The maximum absolute atomic E-state index is 13.6. The molecule has 0 bridgehead atoms. The highest BCUT2D eigenvalue weighted by molar-refractivity contribution is 6.31. The van der Waals surface area contributed by atoms with E-state index in [1.54, 1.807) is 12.1 Å². The van der Waals surface area contributed by atoms with Crippen LogP contribution < -0.4 is 0 Å². The first-order chi connectivity index (χ1) is 8.89. The molecule has 1 aromatic rings. The van der Waals surface area contributed by atoms with E-state index in [4.69, 9.17) is 21.4 Å². The van der Waals surface area contributed by atoms with E-state index in [0.29, 0.717) is 30.2 Å². The Balaban J connectivity index is 1.89. The van der Waals surface area contributed by atoms with Gasteiger partial charge < -0.3 is 9.84 Å². The van der Waals surface area contributed by atoms with E-state index in [-0.39, 0.29) is 12.4 Å². The Bertz CT molecular complexity index is 469. The molecule has 1 aliphatic rings. The van der Waals surface area contributed by atoms with Crippen LogP contribution in [0.2, 0.25) is 5.02 Å². The minimum absolute atomic E-state index is 0.315. The highest BCUT2D eigenvalue weighted by Crippen LogP contribution is 2.29. The highest BCUT2D eigenvalue weighted by Gasteiger charge is 2.40. The lowest BCUT2D eigenvalue weighted by Gasteiger charge is -2.47. The number of hydrogen-bond acceptors (Lipinski definition) is 3. The maximum atomic E-state index is 13.6. The fourth-order valence-corrected chi connectivity index (χ4v) is 2.47. The zero-order chi connectivity index (χ0) is 14.0. The smallest absolute Gasteiger partial charge is 0.329 e. The number of carboxylic acids is 1. The van der Waals surface area contributed by atoms with Gasteiger partial charge in [0.15, 0.2) is 0 Å². The number of aliphatic carboxylic acids is 1. The van der Waals surface area contributed by atoms with Crippen LogP contribution in [0.3, 0.4) is 0 Å². The molecule has 1 heterocycles. The summed E-state index contributed by atoms with van der Waals surface area (Å²) in [5, 5.41) is 8.97. The molecule has 2 rings (SSSR count). The second kappa shape index (κ2) is 5.45. The van der Waals surface area contributed by atoms with Crippen LogP contribution in [-0.4, -0.2) is 41.3 Å². The second-order valence-corrected chi connectivity index (χ2v) is 5.38. The van der Waals surface area contributed by atoms with Gasteiger partial charge in [-0.3, -0.25) is 4.90 Å². The van der Waals surface area contributed by atoms with Crippen LogP contribution >= 0.6 is 11.6 Å². The lowest BCUT2D eigenvalue weighted by atomic mass is 9.95. The van der Waals surface area contributed by atoms with E-state index in [1.165, 1.54) is 6.07 Å². The first-order valence-electron chi connectivity index (χ1n) is 5.91. The van der Waals surface area contributed by atoms with Gasteiger partial charge in [-0.05, 0) is 19.1 Å². The van der Waals surface area contributed by atoms with Crippen molar-refractivity contribution < 1.29 is 19.0 Å². The van der Waals surface area contributed by atoms with Gasteiger partial charge in [0.2, 0.25) is 0 Å². The van der Waals surface area contributed by atoms with Crippen molar-refractivity contribution in [2.24, 2.45) is 0 Å². The van der Waals surface area contributed by atoms with E-state index in [2.05, 4.69) is 0 Å². The molecular weight excluding hydrogens is 273 g/mol. The number of halogens is 2. The molecule has 104 valence electrons. The van der Waals surface area contributed by atoms with E-state index in [0.717, 1.165) is 0 Å². The monoisotopic (exact) mass is 287 g/mol. The molecule has 1 aliphatic heterocycles. The second-order valence-electron chi connectivity index (χ2n) is 4.98. The molecule has 6 heteroatoms. The van der Waals surface area contributed by atoms with Crippen molar-refractivity contribution in [3.8, 4) is 0 Å². The summed E-state index contributed by atoms with van der Waals surface area (Å²) in [7, 11) is 0. The average Bonchev–Trinajstić information content (AvgIpc) is 2.29. The van der Waals surface area contributed by atoms with Crippen molar-refractivity contribution in [2.75, 3.05) is 19.7 Å². The van der Waals surface area contributed by atoms with Crippen LogP contribution in [0.15, 0.2) is 18.2 Å². The predicted octanol–water partition coefficient (Wildman–Crippen LogP) is 2.15. The summed E-state index contributed by atoms with van der Waals surface area (Å²) in [4.78, 5) is 12.4. The van der Waals surface area contributed by atoms with Crippen LogP contribution in [0.5, 0.6) is 0 Å². The van der Waals surface area contributed by atoms with Gasteiger partial charge in [0, 0.05) is 30.2 Å². The Morgan fingerprint density at radius 3 is 2.84 bits per heavy atom. The molecule has 0 saturated carbocycles. The Morgan fingerprint density at radius 1 is 1.58 bits per heavy atom. The van der Waals surface area contributed by atoms with Crippen molar-refractivity contribution in [3.05, 3.63) is 34.6 Å². The molecule has 1 fully saturated rings. The molecule has 0 spiro atoms. The van der Waals surface area contributed by atoms with Crippen LogP contribution in [0.25, 0.3) is 0 Å². The summed E-state index contributed by atoms with van der Waals surface area (Å²) in [6.07, 6.45) is 0. The van der Waals surface area contributed by atoms with E-state index < -0.39 is 11.6 Å². The van der Waals surface area contributed by atoms with Gasteiger partial charge in [0.1, 0.15) is 12.4 Å². The van der Waals surface area contributed by atoms with Gasteiger partial charge in [-0.15, -0.1) is 0 Å². The van der Waals surface area contributed by atoms with Crippen LogP contribution in [-0.2, 0) is 16.1 Å². The van der Waals surface area contributed by atoms with Crippen molar-refractivity contribution >= 4 is 17.6 Å². The van der Waals surface area contributed by atoms with Gasteiger partial charge in [0.05, 0.1) is 5.60 Å². The van der Waals surface area contributed by atoms with Crippen molar-refractivity contribution in [1.29, 1.82) is 0 Å². The average molecular weight is 288 g/mol. The van der Waals surface area contributed by atoms with E-state index in [9.17, 15) is 9.18 Å². The van der Waals surface area contributed by atoms with Crippen molar-refractivity contribution in [1.82, 2.24) is 4.90 Å². The number of carbonyl (C=O) groups is 1. The Hall–Kier alpha value is -1.17. The standard InChI is InChI=1S/C13H15ClFNO3/c1-13(19-6-12(17)18)7-16(8-13)5-9-10(14)3-2-4-11(9)15/h2-4H,5-8H2,1H3,(H,17,18). The Labute approximate surface area is 115 Å². The van der Waals surface area contributed by atoms with Crippen LogP contribution in [0.1, 0.15) is 12.5 Å². The number of hydrogen-bond donors (Lipinski definition) is 1. The third-order valence-electron chi connectivity index (χ3n) is 3.10. The lowest BCUT2D eigenvalue weighted by molar-refractivity contribution is -0.165. The fourth-order valence-electron chi connectivity index (χ4n) is 2.25. The largest absolute Gasteiger partial charge is 0.480 e. The first-order valence-corrected chi connectivity index (χ1v) is 6.28. The lowest BCUT2D eigenvalue weighted by Crippen LogP contribution is -2.61. The molecule has 0 radical (unpaired) electrons. The maximum Gasteiger partial charge on any atom is 0.329 e. The summed E-state index contributed by atoms with van der Waals surface area (Å²) in [5.41, 5.74) is -0.0136. The summed E-state index contributed by atoms with van der Waals surface area (Å²) < 4.78 is 18.9. The molecular formula is C13H15ClFNO3. The summed E-state index contributed by atoms with van der Waals surface area (Å²) in [5.74, 6) is -1.32. The molecule has 1 saturated heterocycles. The van der Waals surface area contributed by atoms with E-state index >= 15 is 0 Å². The molecule has 0 atom stereocenters. The number of benzene rings is 1. The molecule has 4 nitrogen and oxygen atoms in total. The molecule has 1 N–H and O–H groups in total.